The molecule has 3 aromatic rings. The zero-order valence-electron chi connectivity index (χ0n) is 23.0. The molecule has 1 unspecified atom stereocenters. The maximum atomic E-state index is 14.6. The van der Waals surface area contributed by atoms with Crippen LogP contribution >= 0.6 is 0 Å². The quantitative estimate of drug-likeness (QED) is 0.268. The minimum atomic E-state index is -0.981. The van der Waals surface area contributed by atoms with E-state index in [1.807, 2.05) is 60.7 Å². The van der Waals surface area contributed by atoms with E-state index in [1.165, 1.54) is 12.1 Å². The number of ether oxygens (including phenoxy) is 2. The lowest BCUT2D eigenvalue weighted by molar-refractivity contribution is 0.0277. The van der Waals surface area contributed by atoms with E-state index < -0.39 is 29.7 Å². The van der Waals surface area contributed by atoms with Crippen LogP contribution in [-0.4, -0.2) is 47.0 Å². The molecule has 0 saturated carbocycles. The van der Waals surface area contributed by atoms with Gasteiger partial charge in [0.05, 0.1) is 6.10 Å². The highest BCUT2D eigenvalue weighted by Gasteiger charge is 2.28. The molecule has 2 atom stereocenters. The lowest BCUT2D eigenvalue weighted by Gasteiger charge is -2.35. The van der Waals surface area contributed by atoms with E-state index in [9.17, 15) is 14.3 Å². The molecule has 7 heteroatoms. The van der Waals surface area contributed by atoms with Crippen molar-refractivity contribution < 1.29 is 23.8 Å². The Kier molecular flexibility index (Phi) is 11.1. The fraction of sp³-hybridized carbons (Fsp3) is 0.344. The first-order chi connectivity index (χ1) is 18.6. The number of halogens is 1. The average Bonchev–Trinajstić information content (AvgIpc) is 2.89. The molecule has 0 aliphatic carbocycles. The first-order valence-corrected chi connectivity index (χ1v) is 13.1. The number of aliphatic hydroxyl groups is 1. The molecule has 0 bridgehead atoms. The Morgan fingerprint density at radius 3 is 2.13 bits per heavy atom. The second-order valence-electron chi connectivity index (χ2n) is 10.5. The Hall–Kier alpha value is -3.68. The van der Waals surface area contributed by atoms with Crippen LogP contribution in [0.4, 0.5) is 9.18 Å². The van der Waals surface area contributed by atoms with Crippen molar-refractivity contribution in [2.45, 2.75) is 58.0 Å². The van der Waals surface area contributed by atoms with Crippen LogP contribution in [0.5, 0.6) is 5.75 Å². The normalized spacial score (nSPS) is 13.0. The molecule has 2 N–H and O–H groups in total. The van der Waals surface area contributed by atoms with Gasteiger partial charge in [0.15, 0.2) is 0 Å². The van der Waals surface area contributed by atoms with E-state index in [1.54, 1.807) is 32.9 Å². The summed E-state index contributed by atoms with van der Waals surface area (Å²) < 4.78 is 25.5. The first-order valence-electron chi connectivity index (χ1n) is 13.1. The molecule has 0 radical (unpaired) electrons. The Labute approximate surface area is 231 Å². The minimum Gasteiger partial charge on any atom is -0.489 e. The Bertz CT molecular complexity index is 1140. The third-order valence-electron chi connectivity index (χ3n) is 5.97. The predicted octanol–water partition coefficient (Wildman–Crippen LogP) is 5.89. The molecule has 0 spiro atoms. The second-order valence-corrected chi connectivity index (χ2v) is 10.5. The van der Waals surface area contributed by atoms with Gasteiger partial charge < -0.3 is 19.9 Å². The Morgan fingerprint density at radius 2 is 1.59 bits per heavy atom. The van der Waals surface area contributed by atoms with Gasteiger partial charge in [-0.3, -0.25) is 4.90 Å². The molecule has 0 aliphatic heterocycles. The SMILES string of the molecule is C=CCOc1cc(F)cc(C[C@@H](C(O)CNC(=O)OC(C)(C)C)N(Cc2ccccc2)Cc2ccccc2)c1. The maximum Gasteiger partial charge on any atom is 0.407 e. The van der Waals surface area contributed by atoms with E-state index >= 15 is 0 Å². The predicted molar refractivity (Wildman–Crippen MR) is 152 cm³/mol. The Balaban J connectivity index is 1.93. The molecular weight excluding hydrogens is 495 g/mol. The molecule has 1 amide bonds. The lowest BCUT2D eigenvalue weighted by Crippen LogP contribution is -2.49. The van der Waals surface area contributed by atoms with Crippen LogP contribution in [0.15, 0.2) is 91.5 Å². The van der Waals surface area contributed by atoms with Gasteiger partial charge in [0.2, 0.25) is 0 Å². The van der Waals surface area contributed by atoms with Crippen LogP contribution in [0.2, 0.25) is 0 Å². The van der Waals surface area contributed by atoms with Crippen molar-refractivity contribution in [1.82, 2.24) is 10.2 Å². The van der Waals surface area contributed by atoms with Crippen LogP contribution in [-0.2, 0) is 24.2 Å². The van der Waals surface area contributed by atoms with Gasteiger partial charge >= 0.3 is 6.09 Å². The topological polar surface area (TPSA) is 71.0 Å². The number of carbonyl (C=O) groups excluding carboxylic acids is 1. The van der Waals surface area contributed by atoms with Crippen molar-refractivity contribution in [3.63, 3.8) is 0 Å². The number of aliphatic hydroxyl groups excluding tert-OH is 1. The van der Waals surface area contributed by atoms with Crippen LogP contribution < -0.4 is 10.1 Å². The molecule has 208 valence electrons. The zero-order valence-corrected chi connectivity index (χ0v) is 23.0. The lowest BCUT2D eigenvalue weighted by atomic mass is 9.97. The van der Waals surface area contributed by atoms with Crippen LogP contribution in [0.1, 0.15) is 37.5 Å². The van der Waals surface area contributed by atoms with Gasteiger partial charge in [0.25, 0.3) is 0 Å². The van der Waals surface area contributed by atoms with Crippen molar-refractivity contribution in [1.29, 1.82) is 0 Å². The summed E-state index contributed by atoms with van der Waals surface area (Å²) in [5.74, 6) is -0.0351. The van der Waals surface area contributed by atoms with Gasteiger partial charge in [-0.1, -0.05) is 73.3 Å². The third kappa shape index (κ3) is 10.5. The highest BCUT2D eigenvalue weighted by molar-refractivity contribution is 5.67. The van der Waals surface area contributed by atoms with Gasteiger partial charge in [-0.05, 0) is 56.0 Å². The summed E-state index contributed by atoms with van der Waals surface area (Å²) in [4.78, 5) is 14.5. The number of benzene rings is 3. The molecular formula is C32H39FN2O4. The second kappa shape index (κ2) is 14.5. The molecule has 39 heavy (non-hydrogen) atoms. The van der Waals surface area contributed by atoms with Crippen molar-refractivity contribution >= 4 is 6.09 Å². The smallest absolute Gasteiger partial charge is 0.407 e. The summed E-state index contributed by atoms with van der Waals surface area (Å²) in [7, 11) is 0. The number of amides is 1. The van der Waals surface area contributed by atoms with Crippen molar-refractivity contribution in [2.75, 3.05) is 13.2 Å². The van der Waals surface area contributed by atoms with E-state index in [0.717, 1.165) is 11.1 Å². The van der Waals surface area contributed by atoms with Crippen molar-refractivity contribution in [3.8, 4) is 5.75 Å². The fourth-order valence-corrected chi connectivity index (χ4v) is 4.29. The third-order valence-corrected chi connectivity index (χ3v) is 5.97. The largest absolute Gasteiger partial charge is 0.489 e. The van der Waals surface area contributed by atoms with Gasteiger partial charge in [-0.25, -0.2) is 9.18 Å². The molecule has 3 rings (SSSR count). The highest BCUT2D eigenvalue weighted by atomic mass is 19.1. The van der Waals surface area contributed by atoms with Gasteiger partial charge in [-0.15, -0.1) is 0 Å². The molecule has 0 aliphatic rings. The summed E-state index contributed by atoms with van der Waals surface area (Å²) in [6.07, 6.45) is 0.328. The van der Waals surface area contributed by atoms with E-state index in [2.05, 4.69) is 16.8 Å². The van der Waals surface area contributed by atoms with Crippen LogP contribution in [0.3, 0.4) is 0 Å². The standard InChI is InChI=1S/C32H39FN2O4/c1-5-16-38-28-18-26(17-27(33)20-28)19-29(30(36)21-34-31(37)39-32(2,3)4)35(22-24-12-8-6-9-13-24)23-25-14-10-7-11-15-25/h5-15,17-18,20,29-30,36H,1,16,19,21-23H2,2-4H3,(H,34,37)/t29-,30?/m0/s1. The maximum absolute atomic E-state index is 14.6. The molecule has 0 aromatic heterocycles. The summed E-state index contributed by atoms with van der Waals surface area (Å²) in [5, 5.41) is 14.2. The summed E-state index contributed by atoms with van der Waals surface area (Å²) in [6, 6.07) is 24.0. The average molecular weight is 535 g/mol. The molecule has 0 heterocycles. The zero-order chi connectivity index (χ0) is 28.3. The number of hydrogen-bond donors (Lipinski definition) is 2. The summed E-state index contributed by atoms with van der Waals surface area (Å²) in [6.45, 7) is 10.3. The van der Waals surface area contributed by atoms with Crippen LogP contribution in [0.25, 0.3) is 0 Å². The number of alkyl carbamates (subject to hydrolysis) is 1. The molecule has 0 saturated heterocycles. The number of nitrogens with zero attached hydrogens (tertiary/aromatic N) is 1. The molecule has 6 nitrogen and oxygen atoms in total. The van der Waals surface area contributed by atoms with E-state index in [4.69, 9.17) is 9.47 Å². The minimum absolute atomic E-state index is 0.0329. The first kappa shape index (κ1) is 29.9. The van der Waals surface area contributed by atoms with E-state index in [-0.39, 0.29) is 13.2 Å². The fourth-order valence-electron chi connectivity index (χ4n) is 4.29. The highest BCUT2D eigenvalue weighted by Crippen LogP contribution is 2.23. The number of hydrogen-bond acceptors (Lipinski definition) is 5. The van der Waals surface area contributed by atoms with Crippen molar-refractivity contribution in [3.05, 3.63) is 114 Å². The number of carbonyl (C=O) groups is 1. The van der Waals surface area contributed by atoms with Gasteiger partial charge in [0, 0.05) is 31.7 Å². The van der Waals surface area contributed by atoms with Crippen LogP contribution in [0, 0.1) is 5.82 Å². The number of rotatable bonds is 13. The number of nitrogens with one attached hydrogen (secondary N) is 1. The van der Waals surface area contributed by atoms with Crippen molar-refractivity contribution in [2.24, 2.45) is 0 Å². The van der Waals surface area contributed by atoms with Gasteiger partial charge in [-0.2, -0.15) is 0 Å². The van der Waals surface area contributed by atoms with E-state index in [0.29, 0.717) is 30.8 Å². The molecule has 3 aromatic carbocycles. The van der Waals surface area contributed by atoms with Gasteiger partial charge in [0.1, 0.15) is 23.8 Å². The Morgan fingerprint density at radius 1 is 1.00 bits per heavy atom. The summed E-state index contributed by atoms with van der Waals surface area (Å²) >= 11 is 0. The molecule has 0 fully saturated rings. The monoisotopic (exact) mass is 534 g/mol. The summed E-state index contributed by atoms with van der Waals surface area (Å²) in [5.41, 5.74) is 2.14.